The van der Waals surface area contributed by atoms with E-state index in [0.717, 1.165) is 11.1 Å². The van der Waals surface area contributed by atoms with Crippen LogP contribution < -0.4 is 24.3 Å². The smallest absolute Gasteiger partial charge is 0.408 e. The number of aromatic hydroxyl groups is 1. The van der Waals surface area contributed by atoms with Crippen LogP contribution in [0, 0.1) is 25.2 Å². The van der Waals surface area contributed by atoms with Gasteiger partial charge in [0.1, 0.15) is 31.0 Å². The predicted octanol–water partition coefficient (Wildman–Crippen LogP) is 3.51. The Labute approximate surface area is 293 Å². The number of fused-ring (bicyclic) bond motifs is 10. The zero-order valence-corrected chi connectivity index (χ0v) is 29.1. The molecule has 6 aliphatic heterocycles. The third-order valence-corrected chi connectivity index (χ3v) is 11.7. The van der Waals surface area contributed by atoms with Crippen LogP contribution in [0.15, 0.2) is 18.7 Å². The zero-order chi connectivity index (χ0) is 35.6. The van der Waals surface area contributed by atoms with E-state index in [2.05, 4.69) is 27.8 Å². The molecule has 4 bridgehead atoms. The standard InChI is InChI=1S/C35H38N4O10S/c1-7-8-45-35(43)37-19-13-50-33-25-24(32-31(47-14-48-32)16(3)30(25)49-17(4)40)22(12-46-34(19)42)39-21(11-36)20-10-18-9-15(2)29(44-6)28(41)23(18)26(27(33)39)38(20)5/h7,9,19-22,26-27,33,41H,1,8,10,12-14H2,2-6H3,(H,37,43)/t19-,20-,21-,22-,26+,27+,33?/m0/s1. The number of benzene rings is 2. The minimum atomic E-state index is -1.10. The molecular formula is C35H38N4O10S. The molecule has 0 aromatic heterocycles. The fourth-order valence-corrected chi connectivity index (χ4v) is 9.89. The van der Waals surface area contributed by atoms with Gasteiger partial charge in [-0.2, -0.15) is 5.26 Å². The molecule has 2 aromatic carbocycles. The lowest BCUT2D eigenvalue weighted by Crippen LogP contribution is -2.69. The Morgan fingerprint density at radius 1 is 1.20 bits per heavy atom. The van der Waals surface area contributed by atoms with Crippen molar-refractivity contribution in [2.24, 2.45) is 0 Å². The first kappa shape index (κ1) is 33.8. The molecular weight excluding hydrogens is 668 g/mol. The largest absolute Gasteiger partial charge is 0.504 e. The number of thioether (sulfide) groups is 1. The highest BCUT2D eigenvalue weighted by Crippen LogP contribution is 2.64. The molecule has 2 fully saturated rings. The number of carbonyl (C=O) groups excluding carboxylic acids is 3. The van der Waals surface area contributed by atoms with Crippen molar-refractivity contribution in [1.82, 2.24) is 15.1 Å². The number of rotatable bonds is 5. The van der Waals surface area contributed by atoms with Gasteiger partial charge in [-0.1, -0.05) is 18.7 Å². The zero-order valence-electron chi connectivity index (χ0n) is 28.3. The molecule has 0 spiro atoms. The first-order valence-electron chi connectivity index (χ1n) is 16.3. The number of alkyl carbamates (subject to hydrolysis) is 1. The summed E-state index contributed by atoms with van der Waals surface area (Å²) in [7, 11) is 3.46. The summed E-state index contributed by atoms with van der Waals surface area (Å²) >= 11 is 1.34. The first-order valence-corrected chi connectivity index (χ1v) is 17.3. The van der Waals surface area contributed by atoms with Gasteiger partial charge in [0.15, 0.2) is 23.0 Å². The Balaban J connectivity index is 1.49. The average Bonchev–Trinajstić information content (AvgIpc) is 3.57. The van der Waals surface area contributed by atoms with Gasteiger partial charge in [-0.3, -0.25) is 14.6 Å². The van der Waals surface area contributed by atoms with Crippen LogP contribution in [-0.2, 0) is 25.5 Å². The molecule has 8 rings (SSSR count). The summed E-state index contributed by atoms with van der Waals surface area (Å²) < 4.78 is 34.8. The van der Waals surface area contributed by atoms with Crippen molar-refractivity contribution < 1.29 is 47.9 Å². The number of amides is 1. The molecule has 2 aromatic rings. The average molecular weight is 707 g/mol. The summed E-state index contributed by atoms with van der Waals surface area (Å²) in [6, 6.07) is 0.661. The maximum atomic E-state index is 13.6. The number of likely N-dealkylation sites (N-methyl/N-ethyl adjacent to an activating group) is 1. The molecule has 2 N–H and O–H groups in total. The number of aryl methyl sites for hydroxylation is 1. The van der Waals surface area contributed by atoms with Crippen LogP contribution >= 0.6 is 11.8 Å². The summed E-state index contributed by atoms with van der Waals surface area (Å²) in [5, 5.41) is 24.8. The van der Waals surface area contributed by atoms with E-state index in [9.17, 15) is 24.8 Å². The lowest BCUT2D eigenvalue weighted by atomic mass is 9.71. The number of hydrogen-bond donors (Lipinski definition) is 2. The van der Waals surface area contributed by atoms with E-state index in [1.54, 1.807) is 6.92 Å². The van der Waals surface area contributed by atoms with Crippen LogP contribution in [0.4, 0.5) is 4.79 Å². The second kappa shape index (κ2) is 12.9. The van der Waals surface area contributed by atoms with Gasteiger partial charge in [-0.05, 0) is 38.4 Å². The molecule has 14 nitrogen and oxygen atoms in total. The fraction of sp³-hybridized carbons (Fsp3) is 0.486. The van der Waals surface area contributed by atoms with E-state index in [-0.39, 0.29) is 37.6 Å². The molecule has 6 aliphatic rings. The fourth-order valence-electron chi connectivity index (χ4n) is 8.39. The van der Waals surface area contributed by atoms with Crippen LogP contribution in [0.25, 0.3) is 0 Å². The molecule has 1 unspecified atom stereocenters. The highest BCUT2D eigenvalue weighted by atomic mass is 32.2. The van der Waals surface area contributed by atoms with Crippen molar-refractivity contribution in [3.8, 4) is 34.8 Å². The van der Waals surface area contributed by atoms with Crippen LogP contribution in [0.5, 0.6) is 28.7 Å². The molecule has 0 radical (unpaired) electrons. The number of nitrogens with one attached hydrogen (secondary N) is 1. The number of nitrogens with zero attached hydrogens (tertiary/aromatic N) is 3. The van der Waals surface area contributed by atoms with Gasteiger partial charge in [-0.25, -0.2) is 9.59 Å². The molecule has 264 valence electrons. The number of nitriles is 1. The van der Waals surface area contributed by atoms with Gasteiger partial charge < -0.3 is 38.8 Å². The third kappa shape index (κ3) is 5.11. The minimum absolute atomic E-state index is 0.0179. The highest BCUT2D eigenvalue weighted by Gasteiger charge is 2.60. The minimum Gasteiger partial charge on any atom is -0.504 e. The Hall–Kier alpha value is -4.65. The summed E-state index contributed by atoms with van der Waals surface area (Å²) in [5.41, 5.74) is 4.15. The number of phenolic OH excluding ortho intramolecular Hbond substituents is 1. The van der Waals surface area contributed by atoms with Crippen molar-refractivity contribution in [1.29, 1.82) is 5.26 Å². The van der Waals surface area contributed by atoms with Crippen LogP contribution in [0.1, 0.15) is 57.6 Å². The van der Waals surface area contributed by atoms with Crippen molar-refractivity contribution in [3.63, 3.8) is 0 Å². The molecule has 15 heteroatoms. The summed E-state index contributed by atoms with van der Waals surface area (Å²) in [5.74, 6) is 0.321. The number of carbonyl (C=O) groups is 3. The first-order chi connectivity index (χ1) is 24.0. The van der Waals surface area contributed by atoms with Crippen LogP contribution in [0.3, 0.4) is 0 Å². The van der Waals surface area contributed by atoms with Crippen molar-refractivity contribution in [3.05, 3.63) is 52.1 Å². The van der Waals surface area contributed by atoms with E-state index in [1.807, 2.05) is 20.0 Å². The Bertz CT molecular complexity index is 1840. The molecule has 0 saturated carbocycles. The van der Waals surface area contributed by atoms with Gasteiger partial charge in [0.25, 0.3) is 0 Å². The third-order valence-electron chi connectivity index (χ3n) is 10.3. The van der Waals surface area contributed by atoms with Gasteiger partial charge >= 0.3 is 18.0 Å². The number of methoxy groups -OCH3 is 1. The van der Waals surface area contributed by atoms with E-state index < -0.39 is 53.5 Å². The maximum Gasteiger partial charge on any atom is 0.408 e. The Morgan fingerprint density at radius 3 is 2.66 bits per heavy atom. The second-order valence-electron chi connectivity index (χ2n) is 13.0. The SMILES string of the molecule is C=CCOC(=O)N[C@H]1CSC2c3c(OC(C)=O)c(C)c4c(c3[C@H](COC1=O)N1[C@@H](C#N)[C@@H]3Cc5cc(C)c(OC)c(O)c5[C@H]([C@H]21)N3C)OCO4. The van der Waals surface area contributed by atoms with Crippen molar-refractivity contribution >= 4 is 29.8 Å². The normalized spacial score (nSPS) is 27.8. The van der Waals surface area contributed by atoms with Gasteiger partial charge in [0, 0.05) is 47.0 Å². The molecule has 2 saturated heterocycles. The van der Waals surface area contributed by atoms with E-state index >= 15 is 0 Å². The number of piperazine rings is 1. The number of esters is 2. The maximum absolute atomic E-state index is 13.6. The number of phenols is 1. The predicted molar refractivity (Wildman–Crippen MR) is 178 cm³/mol. The van der Waals surface area contributed by atoms with Crippen LogP contribution in [0.2, 0.25) is 0 Å². The van der Waals surface area contributed by atoms with Gasteiger partial charge in [0.2, 0.25) is 6.79 Å². The molecule has 6 heterocycles. The van der Waals surface area contributed by atoms with Gasteiger partial charge in [-0.15, -0.1) is 11.8 Å². The number of ether oxygens (including phenoxy) is 6. The van der Waals surface area contributed by atoms with E-state index in [1.165, 1.54) is 31.9 Å². The Kier molecular flexibility index (Phi) is 8.73. The van der Waals surface area contributed by atoms with E-state index in [0.29, 0.717) is 51.7 Å². The quantitative estimate of drug-likeness (QED) is 0.263. The van der Waals surface area contributed by atoms with Crippen molar-refractivity contribution in [2.45, 2.75) is 68.7 Å². The van der Waals surface area contributed by atoms with Crippen molar-refractivity contribution in [2.75, 3.05) is 39.9 Å². The monoisotopic (exact) mass is 706 g/mol. The topological polar surface area (TPSA) is 169 Å². The van der Waals surface area contributed by atoms with Crippen LogP contribution in [-0.4, -0.2) is 97.0 Å². The number of hydrogen-bond acceptors (Lipinski definition) is 14. The highest BCUT2D eigenvalue weighted by molar-refractivity contribution is 7.99. The Morgan fingerprint density at radius 2 is 1.96 bits per heavy atom. The molecule has 0 aliphatic carbocycles. The molecule has 1 amide bonds. The summed E-state index contributed by atoms with van der Waals surface area (Å²) in [4.78, 5) is 43.2. The summed E-state index contributed by atoms with van der Waals surface area (Å²) in [6.45, 7) is 8.19. The van der Waals surface area contributed by atoms with E-state index in [4.69, 9.17) is 28.4 Å². The lowest BCUT2D eigenvalue weighted by molar-refractivity contribution is -0.151. The van der Waals surface area contributed by atoms with Gasteiger partial charge in [0.05, 0.1) is 30.5 Å². The second-order valence-corrected chi connectivity index (χ2v) is 14.1. The molecule has 50 heavy (non-hydrogen) atoms. The molecule has 7 atom stereocenters. The summed E-state index contributed by atoms with van der Waals surface area (Å²) in [6.07, 6.45) is 1.08. The lowest BCUT2D eigenvalue weighted by Gasteiger charge is -2.61.